The van der Waals surface area contributed by atoms with Gasteiger partial charge in [0.05, 0.1) is 11.2 Å². The summed E-state index contributed by atoms with van der Waals surface area (Å²) in [4.78, 5) is 10.8. The van der Waals surface area contributed by atoms with Crippen LogP contribution in [-0.2, 0) is 9.53 Å². The third-order valence-electron chi connectivity index (χ3n) is 5.04. The van der Waals surface area contributed by atoms with Crippen LogP contribution in [-0.4, -0.2) is 27.4 Å². The van der Waals surface area contributed by atoms with Crippen LogP contribution in [0.1, 0.15) is 57.2 Å². The maximum absolute atomic E-state index is 14.2. The van der Waals surface area contributed by atoms with Gasteiger partial charge in [-0.2, -0.15) is 0 Å². The highest BCUT2D eigenvalue weighted by molar-refractivity contribution is 5.86. The summed E-state index contributed by atoms with van der Waals surface area (Å²) in [5.41, 5.74) is 3.65. The Kier molecular flexibility index (Phi) is 5.86. The standard InChI is InChI=1S/C25H27FO4/c1-24(2)14-19(15-25(3,4)30-24)23(18-10-11-21(27)20(26)13-18)17-8-5-16(6-9-17)7-12-22(28)29/h5-13,27H,14-15H2,1-4H3,(H,28,29). The fourth-order valence-corrected chi connectivity index (χ4v) is 4.25. The van der Waals surface area contributed by atoms with E-state index >= 15 is 0 Å². The Bertz CT molecular complexity index is 996. The van der Waals surface area contributed by atoms with Crippen LogP contribution >= 0.6 is 0 Å². The quantitative estimate of drug-likeness (QED) is 0.625. The first kappa shape index (κ1) is 21.8. The molecule has 158 valence electrons. The summed E-state index contributed by atoms with van der Waals surface area (Å²) in [6.45, 7) is 8.18. The van der Waals surface area contributed by atoms with Gasteiger partial charge in [0.25, 0.3) is 0 Å². The predicted molar refractivity (Wildman–Crippen MR) is 116 cm³/mol. The van der Waals surface area contributed by atoms with Gasteiger partial charge in [-0.15, -0.1) is 0 Å². The molecule has 30 heavy (non-hydrogen) atoms. The van der Waals surface area contributed by atoms with E-state index in [0.29, 0.717) is 18.4 Å². The van der Waals surface area contributed by atoms with Crippen LogP contribution in [0.15, 0.2) is 54.1 Å². The summed E-state index contributed by atoms with van der Waals surface area (Å²) in [7, 11) is 0. The average Bonchev–Trinajstić information content (AvgIpc) is 2.61. The minimum atomic E-state index is -1.01. The summed E-state index contributed by atoms with van der Waals surface area (Å²) < 4.78 is 20.4. The predicted octanol–water partition coefficient (Wildman–Crippen LogP) is 5.80. The summed E-state index contributed by atoms with van der Waals surface area (Å²) in [5, 5.41) is 18.5. The number of carboxylic acid groups (broad SMARTS) is 1. The topological polar surface area (TPSA) is 66.8 Å². The molecule has 0 bridgehead atoms. The van der Waals surface area contributed by atoms with Gasteiger partial charge >= 0.3 is 5.97 Å². The van der Waals surface area contributed by atoms with Crippen LogP contribution in [0.2, 0.25) is 0 Å². The monoisotopic (exact) mass is 410 g/mol. The number of aromatic hydroxyl groups is 1. The first-order valence-electron chi connectivity index (χ1n) is 9.88. The van der Waals surface area contributed by atoms with E-state index < -0.39 is 11.8 Å². The number of benzene rings is 2. The van der Waals surface area contributed by atoms with Gasteiger partial charge < -0.3 is 14.9 Å². The van der Waals surface area contributed by atoms with Crippen molar-refractivity contribution in [3.8, 4) is 5.75 Å². The molecule has 0 spiro atoms. The molecule has 0 aliphatic carbocycles. The van der Waals surface area contributed by atoms with Crippen molar-refractivity contribution in [3.05, 3.63) is 76.6 Å². The lowest BCUT2D eigenvalue weighted by Gasteiger charge is -2.43. The van der Waals surface area contributed by atoms with Gasteiger partial charge in [0, 0.05) is 6.08 Å². The molecule has 2 aromatic carbocycles. The maximum atomic E-state index is 14.2. The smallest absolute Gasteiger partial charge is 0.328 e. The van der Waals surface area contributed by atoms with Gasteiger partial charge in [-0.05, 0) is 81.0 Å². The molecule has 2 N–H and O–H groups in total. The highest BCUT2D eigenvalue weighted by Crippen LogP contribution is 2.43. The molecular weight excluding hydrogens is 383 g/mol. The second-order valence-corrected chi connectivity index (χ2v) is 8.91. The highest BCUT2D eigenvalue weighted by Gasteiger charge is 2.37. The van der Waals surface area contributed by atoms with Crippen molar-refractivity contribution < 1.29 is 24.1 Å². The molecule has 3 rings (SSSR count). The lowest BCUT2D eigenvalue weighted by atomic mass is 9.79. The van der Waals surface area contributed by atoms with E-state index in [2.05, 4.69) is 0 Å². The zero-order chi connectivity index (χ0) is 22.1. The first-order valence-corrected chi connectivity index (χ1v) is 9.88. The van der Waals surface area contributed by atoms with Crippen molar-refractivity contribution in [2.45, 2.75) is 51.7 Å². The number of phenols is 1. The minimum absolute atomic E-state index is 0.373. The Balaban J connectivity index is 2.15. The van der Waals surface area contributed by atoms with E-state index in [1.54, 1.807) is 6.07 Å². The Morgan fingerprint density at radius 3 is 2.10 bits per heavy atom. The normalized spacial score (nSPS) is 17.8. The van der Waals surface area contributed by atoms with Crippen molar-refractivity contribution in [1.29, 1.82) is 0 Å². The van der Waals surface area contributed by atoms with Gasteiger partial charge in [-0.3, -0.25) is 0 Å². The minimum Gasteiger partial charge on any atom is -0.505 e. The van der Waals surface area contributed by atoms with Crippen molar-refractivity contribution in [2.24, 2.45) is 0 Å². The number of carbonyl (C=O) groups is 1. The molecule has 1 heterocycles. The SMILES string of the molecule is CC1(C)CC(=C(c2ccc(C=CC(=O)O)cc2)c2ccc(O)c(F)c2)CC(C)(C)O1. The Morgan fingerprint density at radius 1 is 1.00 bits per heavy atom. The zero-order valence-corrected chi connectivity index (χ0v) is 17.7. The lowest BCUT2D eigenvalue weighted by molar-refractivity contribution is -0.138. The van der Waals surface area contributed by atoms with Gasteiger partial charge in [0.15, 0.2) is 11.6 Å². The molecular formula is C25H27FO4. The van der Waals surface area contributed by atoms with E-state index in [-0.39, 0.29) is 17.0 Å². The average molecular weight is 410 g/mol. The summed E-state index contributed by atoms with van der Waals surface area (Å²) >= 11 is 0. The Labute approximate surface area is 176 Å². The molecule has 1 fully saturated rings. The lowest BCUT2D eigenvalue weighted by Crippen LogP contribution is -2.42. The fraction of sp³-hybridized carbons (Fsp3) is 0.320. The number of hydrogen-bond donors (Lipinski definition) is 2. The molecule has 4 nitrogen and oxygen atoms in total. The molecule has 0 amide bonds. The van der Waals surface area contributed by atoms with Gasteiger partial charge in [0.1, 0.15) is 0 Å². The Hall–Kier alpha value is -2.92. The van der Waals surface area contributed by atoms with Crippen molar-refractivity contribution >= 4 is 17.6 Å². The largest absolute Gasteiger partial charge is 0.505 e. The van der Waals surface area contributed by atoms with Gasteiger partial charge in [0.2, 0.25) is 0 Å². The van der Waals surface area contributed by atoms with Crippen LogP contribution in [0.5, 0.6) is 5.75 Å². The number of halogens is 1. The molecule has 5 heteroatoms. The second kappa shape index (κ2) is 8.07. The van der Waals surface area contributed by atoms with Gasteiger partial charge in [-0.1, -0.05) is 35.9 Å². The zero-order valence-electron chi connectivity index (χ0n) is 17.7. The Morgan fingerprint density at radius 2 is 1.57 bits per heavy atom. The van der Waals surface area contributed by atoms with Crippen LogP contribution in [0, 0.1) is 5.82 Å². The summed E-state index contributed by atoms with van der Waals surface area (Å²) in [6, 6.07) is 11.9. The number of rotatable bonds is 4. The molecule has 1 saturated heterocycles. The van der Waals surface area contributed by atoms with Crippen molar-refractivity contribution in [1.82, 2.24) is 0 Å². The molecule has 0 radical (unpaired) electrons. The third kappa shape index (κ3) is 5.16. The number of ether oxygens (including phenoxy) is 1. The molecule has 0 unspecified atom stereocenters. The molecule has 0 atom stereocenters. The number of aliphatic carboxylic acids is 1. The molecule has 1 aliphatic heterocycles. The summed E-state index contributed by atoms with van der Waals surface area (Å²) in [6.07, 6.45) is 4.00. The van der Waals surface area contributed by atoms with Crippen LogP contribution in [0.4, 0.5) is 4.39 Å². The van der Waals surface area contributed by atoms with E-state index in [1.807, 2.05) is 52.0 Å². The summed E-state index contributed by atoms with van der Waals surface area (Å²) in [5.74, 6) is -2.06. The first-order chi connectivity index (χ1) is 14.0. The molecule has 0 aromatic heterocycles. The van der Waals surface area contributed by atoms with Crippen LogP contribution in [0.25, 0.3) is 11.6 Å². The third-order valence-corrected chi connectivity index (χ3v) is 5.04. The van der Waals surface area contributed by atoms with Crippen LogP contribution < -0.4 is 0 Å². The number of carboxylic acids is 1. The van der Waals surface area contributed by atoms with E-state index in [9.17, 15) is 14.3 Å². The molecule has 2 aromatic rings. The van der Waals surface area contributed by atoms with Crippen molar-refractivity contribution in [3.63, 3.8) is 0 Å². The van der Waals surface area contributed by atoms with Crippen molar-refractivity contribution in [2.75, 3.05) is 0 Å². The number of hydrogen-bond acceptors (Lipinski definition) is 3. The second-order valence-electron chi connectivity index (χ2n) is 8.91. The van der Waals surface area contributed by atoms with Gasteiger partial charge in [-0.25, -0.2) is 9.18 Å². The van der Waals surface area contributed by atoms with Crippen LogP contribution in [0.3, 0.4) is 0 Å². The number of phenolic OH excluding ortho intramolecular Hbond substituents is 1. The van der Waals surface area contributed by atoms with E-state index in [0.717, 1.165) is 28.3 Å². The van der Waals surface area contributed by atoms with E-state index in [1.165, 1.54) is 18.2 Å². The fourth-order valence-electron chi connectivity index (χ4n) is 4.25. The molecule has 1 aliphatic rings. The maximum Gasteiger partial charge on any atom is 0.328 e. The van der Waals surface area contributed by atoms with E-state index in [4.69, 9.17) is 9.84 Å². The highest BCUT2D eigenvalue weighted by atomic mass is 19.1. The molecule has 0 saturated carbocycles.